The minimum atomic E-state index is -0.659. The summed E-state index contributed by atoms with van der Waals surface area (Å²) < 4.78 is 19.8. The van der Waals surface area contributed by atoms with Crippen molar-refractivity contribution in [2.45, 2.75) is 18.6 Å². The van der Waals surface area contributed by atoms with Crippen LogP contribution in [0.3, 0.4) is 0 Å². The first-order valence-corrected chi connectivity index (χ1v) is 6.42. The van der Waals surface area contributed by atoms with Gasteiger partial charge in [-0.1, -0.05) is 41.9 Å². The lowest BCUT2D eigenvalue weighted by atomic mass is 9.95. The fraction of sp³-hybridized carbons (Fsp3) is 0.200. The molecule has 0 spiro atoms. The highest BCUT2D eigenvalue weighted by atomic mass is 35.5. The molecule has 19 heavy (non-hydrogen) atoms. The fourth-order valence-corrected chi connectivity index (χ4v) is 2.54. The molecular weight excluding hydrogens is 267 g/mol. The predicted molar refractivity (Wildman–Crippen MR) is 70.8 cm³/mol. The Kier molecular flexibility index (Phi) is 3.17. The Morgan fingerprint density at radius 1 is 1.11 bits per heavy atom. The molecule has 1 unspecified atom stereocenters. The number of fused-ring (bicyclic) bond motifs is 1. The molecule has 98 valence electrons. The molecule has 0 fully saturated rings. The molecular formula is C15H12ClFO2. The molecule has 1 aliphatic rings. The molecule has 2 nitrogen and oxygen atoms in total. The number of para-hydroxylation sites is 1. The summed E-state index contributed by atoms with van der Waals surface area (Å²) in [5, 5.41) is 10.2. The van der Waals surface area contributed by atoms with Crippen LogP contribution in [-0.4, -0.2) is 5.11 Å². The normalized spacial score (nSPS) is 21.6. The van der Waals surface area contributed by atoms with E-state index in [9.17, 15) is 9.50 Å². The summed E-state index contributed by atoms with van der Waals surface area (Å²) >= 11 is 5.78. The zero-order valence-electron chi connectivity index (χ0n) is 10.0. The van der Waals surface area contributed by atoms with Gasteiger partial charge < -0.3 is 9.84 Å². The number of ether oxygens (including phenoxy) is 1. The average Bonchev–Trinajstić information content (AvgIpc) is 2.42. The second-order valence-corrected chi connectivity index (χ2v) is 4.95. The Labute approximate surface area is 115 Å². The Morgan fingerprint density at radius 3 is 2.68 bits per heavy atom. The smallest absolute Gasteiger partial charge is 0.148 e. The van der Waals surface area contributed by atoms with Gasteiger partial charge in [-0.25, -0.2) is 4.39 Å². The molecule has 1 N–H and O–H groups in total. The van der Waals surface area contributed by atoms with E-state index in [1.807, 2.05) is 18.2 Å². The number of hydrogen-bond donors (Lipinski definition) is 1. The number of benzene rings is 2. The minimum absolute atomic E-state index is 0.0643. The van der Waals surface area contributed by atoms with Crippen LogP contribution in [0.5, 0.6) is 5.75 Å². The molecule has 4 heteroatoms. The van der Waals surface area contributed by atoms with Gasteiger partial charge in [-0.3, -0.25) is 0 Å². The van der Waals surface area contributed by atoms with E-state index in [-0.39, 0.29) is 5.02 Å². The number of halogens is 2. The highest BCUT2D eigenvalue weighted by molar-refractivity contribution is 6.30. The van der Waals surface area contributed by atoms with Crippen molar-refractivity contribution in [3.05, 3.63) is 64.4 Å². The van der Waals surface area contributed by atoms with Crippen LogP contribution in [0.25, 0.3) is 0 Å². The average molecular weight is 279 g/mol. The lowest BCUT2D eigenvalue weighted by Crippen LogP contribution is -2.19. The molecule has 2 atom stereocenters. The lowest BCUT2D eigenvalue weighted by Gasteiger charge is -2.30. The van der Waals surface area contributed by atoms with Crippen molar-refractivity contribution in [3.8, 4) is 5.75 Å². The highest BCUT2D eigenvalue weighted by Gasteiger charge is 2.29. The quantitative estimate of drug-likeness (QED) is 0.853. The summed E-state index contributed by atoms with van der Waals surface area (Å²) in [6.07, 6.45) is -0.870. The molecule has 0 radical (unpaired) electrons. The molecule has 0 saturated heterocycles. The highest BCUT2D eigenvalue weighted by Crippen LogP contribution is 2.41. The molecule has 1 heterocycles. The van der Waals surface area contributed by atoms with E-state index in [1.165, 1.54) is 6.07 Å². The maximum Gasteiger partial charge on any atom is 0.148 e. The van der Waals surface area contributed by atoms with E-state index in [2.05, 4.69) is 0 Å². The van der Waals surface area contributed by atoms with E-state index in [0.717, 1.165) is 5.56 Å². The first-order chi connectivity index (χ1) is 9.16. The third kappa shape index (κ3) is 2.20. The zero-order valence-corrected chi connectivity index (χ0v) is 10.8. The van der Waals surface area contributed by atoms with Gasteiger partial charge in [0.25, 0.3) is 0 Å². The topological polar surface area (TPSA) is 29.5 Å². The maximum atomic E-state index is 14.0. The van der Waals surface area contributed by atoms with Gasteiger partial charge in [0.15, 0.2) is 0 Å². The van der Waals surface area contributed by atoms with Crippen molar-refractivity contribution in [1.82, 2.24) is 0 Å². The van der Waals surface area contributed by atoms with Gasteiger partial charge in [-0.2, -0.15) is 0 Å². The molecule has 1 aliphatic heterocycles. The molecule has 0 amide bonds. The van der Waals surface area contributed by atoms with Crippen LogP contribution in [0.1, 0.15) is 29.8 Å². The van der Waals surface area contributed by atoms with E-state index < -0.39 is 18.0 Å². The molecule has 2 aromatic carbocycles. The SMILES string of the molecule is O[C@@H]1CC(c2cccc(Cl)c2F)Oc2ccccc21. The standard InChI is InChI=1S/C15H12ClFO2/c16-11-6-3-5-10(15(11)17)14-8-12(18)9-4-1-2-7-13(9)19-14/h1-7,12,14,18H,8H2/t12-,14?/m1/s1. The minimum Gasteiger partial charge on any atom is -0.485 e. The fourth-order valence-electron chi connectivity index (χ4n) is 2.35. The number of aliphatic hydroxyl groups is 1. The zero-order chi connectivity index (χ0) is 13.4. The van der Waals surface area contributed by atoms with Gasteiger partial charge in [0.1, 0.15) is 17.7 Å². The lowest BCUT2D eigenvalue weighted by molar-refractivity contribution is 0.0640. The van der Waals surface area contributed by atoms with Gasteiger partial charge in [-0.05, 0) is 12.1 Å². The molecule has 0 bridgehead atoms. The third-order valence-corrected chi connectivity index (χ3v) is 3.60. The first kappa shape index (κ1) is 12.5. The molecule has 0 aromatic heterocycles. The Balaban J connectivity index is 1.99. The Morgan fingerprint density at radius 2 is 1.84 bits per heavy atom. The van der Waals surface area contributed by atoms with Gasteiger partial charge in [0.05, 0.1) is 11.1 Å². The van der Waals surface area contributed by atoms with Crippen LogP contribution in [0.15, 0.2) is 42.5 Å². The van der Waals surface area contributed by atoms with Crippen LogP contribution in [0.4, 0.5) is 4.39 Å². The van der Waals surface area contributed by atoms with E-state index in [0.29, 0.717) is 17.7 Å². The first-order valence-electron chi connectivity index (χ1n) is 6.04. The van der Waals surface area contributed by atoms with Crippen molar-refractivity contribution in [2.75, 3.05) is 0 Å². The summed E-state index contributed by atoms with van der Waals surface area (Å²) in [6, 6.07) is 12.0. The summed E-state index contributed by atoms with van der Waals surface area (Å²) in [7, 11) is 0. The van der Waals surface area contributed by atoms with Gasteiger partial charge in [0.2, 0.25) is 0 Å². The molecule has 0 saturated carbocycles. The molecule has 0 aliphatic carbocycles. The van der Waals surface area contributed by atoms with Gasteiger partial charge in [0, 0.05) is 17.5 Å². The number of aliphatic hydroxyl groups excluding tert-OH is 1. The van der Waals surface area contributed by atoms with Crippen molar-refractivity contribution in [2.24, 2.45) is 0 Å². The van der Waals surface area contributed by atoms with Crippen molar-refractivity contribution < 1.29 is 14.2 Å². The largest absolute Gasteiger partial charge is 0.485 e. The summed E-state index contributed by atoms with van der Waals surface area (Å²) in [5.41, 5.74) is 1.11. The van der Waals surface area contributed by atoms with E-state index in [4.69, 9.17) is 16.3 Å². The van der Waals surface area contributed by atoms with E-state index in [1.54, 1.807) is 18.2 Å². The molecule has 3 rings (SSSR count). The van der Waals surface area contributed by atoms with Crippen molar-refractivity contribution in [1.29, 1.82) is 0 Å². The second kappa shape index (κ2) is 4.83. The Hall–Kier alpha value is -1.58. The van der Waals surface area contributed by atoms with Gasteiger partial charge in [-0.15, -0.1) is 0 Å². The van der Waals surface area contributed by atoms with Crippen LogP contribution in [0.2, 0.25) is 5.02 Å². The summed E-state index contributed by atoms with van der Waals surface area (Å²) in [5.74, 6) is 0.103. The van der Waals surface area contributed by atoms with Crippen LogP contribution >= 0.6 is 11.6 Å². The van der Waals surface area contributed by atoms with Crippen molar-refractivity contribution in [3.63, 3.8) is 0 Å². The summed E-state index contributed by atoms with van der Waals surface area (Å²) in [4.78, 5) is 0. The molecule has 2 aromatic rings. The van der Waals surface area contributed by atoms with Crippen LogP contribution in [0, 0.1) is 5.82 Å². The van der Waals surface area contributed by atoms with Crippen LogP contribution < -0.4 is 4.74 Å². The Bertz CT molecular complexity index is 615. The number of hydrogen-bond acceptors (Lipinski definition) is 2. The van der Waals surface area contributed by atoms with Crippen LogP contribution in [-0.2, 0) is 0 Å². The number of rotatable bonds is 1. The monoisotopic (exact) mass is 278 g/mol. The summed E-state index contributed by atoms with van der Waals surface area (Å²) in [6.45, 7) is 0. The second-order valence-electron chi connectivity index (χ2n) is 4.54. The van der Waals surface area contributed by atoms with E-state index >= 15 is 0 Å². The third-order valence-electron chi connectivity index (χ3n) is 3.31. The maximum absolute atomic E-state index is 14.0. The van der Waals surface area contributed by atoms with Gasteiger partial charge >= 0.3 is 0 Å². The predicted octanol–water partition coefficient (Wildman–Crippen LogP) is 4.04. The van der Waals surface area contributed by atoms with Crippen molar-refractivity contribution >= 4 is 11.6 Å².